The summed E-state index contributed by atoms with van der Waals surface area (Å²) in [4.78, 5) is 21.7. The van der Waals surface area contributed by atoms with Gasteiger partial charge in [-0.15, -0.1) is 0 Å². The molecule has 0 N–H and O–H groups in total. The zero-order chi connectivity index (χ0) is 20.3. The fourth-order valence-electron chi connectivity index (χ4n) is 2.77. The number of amides is 1. The highest BCUT2D eigenvalue weighted by molar-refractivity contribution is 7.22. The number of aromatic nitrogens is 1. The molecule has 0 unspecified atom stereocenters. The van der Waals surface area contributed by atoms with Crippen molar-refractivity contribution in [3.05, 3.63) is 52.0 Å². The number of hydrogen-bond acceptors (Lipinski definition) is 5. The first-order valence-corrected chi connectivity index (χ1v) is 10.3. The quantitative estimate of drug-likeness (QED) is 0.508. The molecule has 28 heavy (non-hydrogen) atoms. The molecule has 0 radical (unpaired) electrons. The Morgan fingerprint density at radius 1 is 1.14 bits per heavy atom. The van der Waals surface area contributed by atoms with Crippen LogP contribution in [0.2, 0.25) is 10.0 Å². The van der Waals surface area contributed by atoms with Crippen molar-refractivity contribution < 1.29 is 9.53 Å². The van der Waals surface area contributed by atoms with Crippen LogP contribution in [0.25, 0.3) is 10.2 Å². The first-order valence-electron chi connectivity index (χ1n) is 8.75. The Morgan fingerprint density at radius 3 is 2.61 bits per heavy atom. The number of fused-ring (bicyclic) bond motifs is 1. The number of methoxy groups -OCH3 is 1. The second-order valence-electron chi connectivity index (χ2n) is 6.57. The van der Waals surface area contributed by atoms with Crippen LogP contribution < -0.4 is 9.64 Å². The lowest BCUT2D eigenvalue weighted by atomic mass is 10.2. The number of benzene rings is 2. The molecule has 0 aliphatic carbocycles. The summed E-state index contributed by atoms with van der Waals surface area (Å²) in [5.74, 6) is 0.570. The molecule has 3 rings (SSSR count). The Bertz CT molecular complexity index is 991. The molecule has 5 nitrogen and oxygen atoms in total. The minimum absolute atomic E-state index is 0.188. The molecule has 0 saturated heterocycles. The van der Waals surface area contributed by atoms with Gasteiger partial charge in [0.25, 0.3) is 5.91 Å². The van der Waals surface area contributed by atoms with Crippen LogP contribution in [0.15, 0.2) is 36.4 Å². The summed E-state index contributed by atoms with van der Waals surface area (Å²) in [5, 5.41) is 1.46. The lowest BCUT2D eigenvalue weighted by Crippen LogP contribution is -2.33. The molecule has 0 bridgehead atoms. The second-order valence-corrected chi connectivity index (χ2v) is 8.42. The monoisotopic (exact) mass is 437 g/mol. The van der Waals surface area contributed by atoms with E-state index in [4.69, 9.17) is 27.9 Å². The van der Waals surface area contributed by atoms with Crippen LogP contribution in [0.5, 0.6) is 5.75 Å². The summed E-state index contributed by atoms with van der Waals surface area (Å²) in [6, 6.07) is 10.6. The Hall–Kier alpha value is -1.86. The molecule has 1 heterocycles. The average Bonchev–Trinajstić information content (AvgIpc) is 3.07. The number of ether oxygens (including phenoxy) is 1. The maximum atomic E-state index is 13.3. The third-order valence-corrected chi connectivity index (χ3v) is 5.80. The fourth-order valence-corrected chi connectivity index (χ4v) is 4.28. The van der Waals surface area contributed by atoms with Crippen molar-refractivity contribution >= 4 is 55.8 Å². The predicted molar refractivity (Wildman–Crippen MR) is 117 cm³/mol. The molecular weight excluding hydrogens is 417 g/mol. The highest BCUT2D eigenvalue weighted by atomic mass is 35.5. The van der Waals surface area contributed by atoms with Crippen molar-refractivity contribution in [2.45, 2.75) is 6.42 Å². The topological polar surface area (TPSA) is 45.7 Å². The van der Waals surface area contributed by atoms with E-state index < -0.39 is 0 Å². The van der Waals surface area contributed by atoms with Gasteiger partial charge in [0.1, 0.15) is 5.75 Å². The number of carbonyl (C=O) groups is 1. The number of halogens is 2. The van der Waals surface area contributed by atoms with Crippen LogP contribution in [-0.4, -0.2) is 50.1 Å². The highest BCUT2D eigenvalue weighted by Gasteiger charge is 2.23. The minimum Gasteiger partial charge on any atom is -0.497 e. The van der Waals surface area contributed by atoms with E-state index in [0.29, 0.717) is 27.3 Å². The standard InChI is InChI=1S/C20H21Cl2N3O2S/c1-24(2)9-4-10-25(19(26)15-7-5-13(21)11-16(15)22)20-23-17-8-6-14(27-3)12-18(17)28-20/h5-8,11-12H,4,9-10H2,1-3H3. The van der Waals surface area contributed by atoms with Gasteiger partial charge in [-0.1, -0.05) is 34.5 Å². The van der Waals surface area contributed by atoms with Crippen LogP contribution in [-0.2, 0) is 0 Å². The normalized spacial score (nSPS) is 11.2. The van der Waals surface area contributed by atoms with Crippen LogP contribution in [0.3, 0.4) is 0 Å². The Morgan fingerprint density at radius 2 is 1.93 bits per heavy atom. The average molecular weight is 438 g/mol. The highest BCUT2D eigenvalue weighted by Crippen LogP contribution is 2.33. The zero-order valence-electron chi connectivity index (χ0n) is 15.9. The molecule has 0 saturated carbocycles. The smallest absolute Gasteiger partial charge is 0.261 e. The third kappa shape index (κ3) is 4.75. The molecule has 3 aromatic rings. The fraction of sp³-hybridized carbons (Fsp3) is 0.300. The molecule has 8 heteroatoms. The van der Waals surface area contributed by atoms with Gasteiger partial charge in [0.05, 0.1) is 27.9 Å². The van der Waals surface area contributed by atoms with Gasteiger partial charge >= 0.3 is 0 Å². The van der Waals surface area contributed by atoms with Gasteiger partial charge < -0.3 is 9.64 Å². The van der Waals surface area contributed by atoms with Gasteiger partial charge in [-0.25, -0.2) is 4.98 Å². The first kappa shape index (κ1) is 20.9. The van der Waals surface area contributed by atoms with E-state index in [9.17, 15) is 4.79 Å². The summed E-state index contributed by atoms with van der Waals surface area (Å²) >= 11 is 13.7. The molecule has 0 fully saturated rings. The van der Waals surface area contributed by atoms with Crippen LogP contribution in [0.4, 0.5) is 5.13 Å². The van der Waals surface area contributed by atoms with Crippen molar-refractivity contribution in [2.24, 2.45) is 0 Å². The summed E-state index contributed by atoms with van der Waals surface area (Å²) in [7, 11) is 5.64. The number of thiazole rings is 1. The molecule has 0 atom stereocenters. The maximum absolute atomic E-state index is 13.3. The van der Waals surface area contributed by atoms with E-state index in [1.165, 1.54) is 11.3 Å². The lowest BCUT2D eigenvalue weighted by molar-refractivity contribution is 0.0986. The minimum atomic E-state index is -0.188. The molecule has 1 amide bonds. The van der Waals surface area contributed by atoms with E-state index in [0.717, 1.165) is 28.9 Å². The molecule has 148 valence electrons. The second kappa shape index (κ2) is 9.09. The van der Waals surface area contributed by atoms with Gasteiger partial charge in [-0.2, -0.15) is 0 Å². The molecule has 0 spiro atoms. The van der Waals surface area contributed by atoms with E-state index in [2.05, 4.69) is 9.88 Å². The van der Waals surface area contributed by atoms with Crippen LogP contribution in [0.1, 0.15) is 16.8 Å². The molecular formula is C20H21Cl2N3O2S. The van der Waals surface area contributed by atoms with Gasteiger partial charge in [-0.05, 0) is 63.5 Å². The van der Waals surface area contributed by atoms with Crippen molar-refractivity contribution in [3.8, 4) is 5.75 Å². The number of rotatable bonds is 7. The van der Waals surface area contributed by atoms with E-state index in [1.54, 1.807) is 30.2 Å². The van der Waals surface area contributed by atoms with Crippen molar-refractivity contribution in [1.82, 2.24) is 9.88 Å². The number of nitrogens with zero attached hydrogens (tertiary/aromatic N) is 3. The molecule has 2 aromatic carbocycles. The van der Waals surface area contributed by atoms with Crippen LogP contribution >= 0.6 is 34.5 Å². The number of hydrogen-bond donors (Lipinski definition) is 0. The number of carbonyl (C=O) groups excluding carboxylic acids is 1. The van der Waals surface area contributed by atoms with Gasteiger partial charge in [0.2, 0.25) is 0 Å². The van der Waals surface area contributed by atoms with E-state index >= 15 is 0 Å². The van der Waals surface area contributed by atoms with Crippen molar-refractivity contribution in [1.29, 1.82) is 0 Å². The Labute approximate surface area is 178 Å². The Balaban J connectivity index is 1.97. The zero-order valence-corrected chi connectivity index (χ0v) is 18.2. The summed E-state index contributed by atoms with van der Waals surface area (Å²) in [5.41, 5.74) is 1.24. The van der Waals surface area contributed by atoms with E-state index in [1.807, 2.05) is 32.3 Å². The maximum Gasteiger partial charge on any atom is 0.261 e. The van der Waals surface area contributed by atoms with Gasteiger partial charge in [0.15, 0.2) is 5.13 Å². The third-order valence-electron chi connectivity index (χ3n) is 4.21. The summed E-state index contributed by atoms with van der Waals surface area (Å²) in [6.07, 6.45) is 0.809. The van der Waals surface area contributed by atoms with Gasteiger partial charge in [0, 0.05) is 11.6 Å². The number of anilines is 1. The summed E-state index contributed by atoms with van der Waals surface area (Å²) < 4.78 is 6.25. The molecule has 1 aromatic heterocycles. The molecule has 0 aliphatic rings. The van der Waals surface area contributed by atoms with Gasteiger partial charge in [-0.3, -0.25) is 9.69 Å². The SMILES string of the molecule is COc1ccc2nc(N(CCCN(C)C)C(=O)c3ccc(Cl)cc3Cl)sc2c1. The Kier molecular flexibility index (Phi) is 6.78. The van der Waals surface area contributed by atoms with Crippen molar-refractivity contribution in [3.63, 3.8) is 0 Å². The summed E-state index contributed by atoms with van der Waals surface area (Å²) in [6.45, 7) is 1.39. The predicted octanol–water partition coefficient (Wildman–Crippen LogP) is 5.21. The first-order chi connectivity index (χ1) is 13.4. The molecule has 0 aliphatic heterocycles. The largest absolute Gasteiger partial charge is 0.497 e. The van der Waals surface area contributed by atoms with E-state index in [-0.39, 0.29) is 5.91 Å². The van der Waals surface area contributed by atoms with Crippen molar-refractivity contribution in [2.75, 3.05) is 39.2 Å². The lowest BCUT2D eigenvalue weighted by Gasteiger charge is -2.21. The van der Waals surface area contributed by atoms with Crippen LogP contribution in [0, 0.1) is 0 Å².